The number of halogens is 1. The van der Waals surface area contributed by atoms with Crippen molar-refractivity contribution in [2.75, 3.05) is 7.11 Å². The molecule has 1 saturated heterocycles. The van der Waals surface area contributed by atoms with Crippen LogP contribution in [0, 0.1) is 14.9 Å². The van der Waals surface area contributed by atoms with Gasteiger partial charge in [0.25, 0.3) is 5.91 Å². The lowest BCUT2D eigenvalue weighted by Gasteiger charge is -2.30. The SMILES string of the molecule is COc1cc(/C=C2\SC(=Nc3ccccc3)N(C3CCCCC3)C2=O)cc(I)c1OCc1ccccc1C#N. The van der Waals surface area contributed by atoms with E-state index in [1.54, 1.807) is 13.2 Å². The second-order valence-corrected chi connectivity index (χ2v) is 11.6. The molecular formula is C31H28IN3O3S. The zero-order chi connectivity index (χ0) is 27.2. The van der Waals surface area contributed by atoms with Gasteiger partial charge in [-0.2, -0.15) is 5.26 Å². The van der Waals surface area contributed by atoms with E-state index in [0.29, 0.717) is 22.0 Å². The number of methoxy groups -OCH3 is 1. The van der Waals surface area contributed by atoms with Crippen LogP contribution in [0.1, 0.15) is 48.8 Å². The predicted octanol–water partition coefficient (Wildman–Crippen LogP) is 7.69. The molecule has 1 saturated carbocycles. The fourth-order valence-electron chi connectivity index (χ4n) is 4.86. The topological polar surface area (TPSA) is 74.9 Å². The summed E-state index contributed by atoms with van der Waals surface area (Å²) in [5.74, 6) is 1.18. The number of hydrogen-bond donors (Lipinski definition) is 0. The van der Waals surface area contributed by atoms with Gasteiger partial charge in [0, 0.05) is 11.6 Å². The van der Waals surface area contributed by atoms with Gasteiger partial charge < -0.3 is 9.47 Å². The van der Waals surface area contributed by atoms with Crippen molar-refractivity contribution >= 4 is 57.2 Å². The molecule has 39 heavy (non-hydrogen) atoms. The van der Waals surface area contributed by atoms with Crippen LogP contribution in [-0.2, 0) is 11.4 Å². The van der Waals surface area contributed by atoms with Crippen LogP contribution in [0.25, 0.3) is 6.08 Å². The molecule has 0 bridgehead atoms. The summed E-state index contributed by atoms with van der Waals surface area (Å²) in [5, 5.41) is 10.1. The van der Waals surface area contributed by atoms with Gasteiger partial charge in [0.05, 0.1) is 32.9 Å². The average molecular weight is 650 g/mol. The Kier molecular flexibility index (Phi) is 8.89. The van der Waals surface area contributed by atoms with E-state index in [0.717, 1.165) is 51.2 Å². The Labute approximate surface area is 246 Å². The molecule has 3 aromatic rings. The van der Waals surface area contributed by atoms with Gasteiger partial charge in [0.15, 0.2) is 16.7 Å². The number of para-hydroxylation sites is 1. The Morgan fingerprint density at radius 3 is 2.59 bits per heavy atom. The first-order valence-corrected chi connectivity index (χ1v) is 14.8. The summed E-state index contributed by atoms with van der Waals surface area (Å²) in [6.07, 6.45) is 7.39. The largest absolute Gasteiger partial charge is 0.493 e. The minimum atomic E-state index is 0.00370. The van der Waals surface area contributed by atoms with E-state index in [4.69, 9.17) is 14.5 Å². The van der Waals surface area contributed by atoms with Crippen LogP contribution in [-0.4, -0.2) is 29.1 Å². The molecule has 1 heterocycles. The Bertz CT molecular complexity index is 1460. The van der Waals surface area contributed by atoms with E-state index in [9.17, 15) is 10.1 Å². The minimum absolute atomic E-state index is 0.00370. The molecule has 198 valence electrons. The van der Waals surface area contributed by atoms with Gasteiger partial charge in [-0.25, -0.2) is 4.99 Å². The number of ether oxygens (including phenoxy) is 2. The highest BCUT2D eigenvalue weighted by Crippen LogP contribution is 2.40. The fraction of sp³-hybridized carbons (Fsp3) is 0.258. The van der Waals surface area contributed by atoms with E-state index in [2.05, 4.69) is 28.7 Å². The molecule has 0 radical (unpaired) electrons. The van der Waals surface area contributed by atoms with Gasteiger partial charge >= 0.3 is 0 Å². The van der Waals surface area contributed by atoms with Gasteiger partial charge in [-0.05, 0) is 89.2 Å². The van der Waals surface area contributed by atoms with E-state index in [1.165, 1.54) is 18.2 Å². The average Bonchev–Trinajstić information content (AvgIpc) is 3.27. The first-order chi connectivity index (χ1) is 19.1. The van der Waals surface area contributed by atoms with Crippen molar-refractivity contribution < 1.29 is 14.3 Å². The molecular weight excluding hydrogens is 621 g/mol. The molecule has 0 atom stereocenters. The second-order valence-electron chi connectivity index (χ2n) is 9.40. The predicted molar refractivity (Wildman–Crippen MR) is 164 cm³/mol. The number of aliphatic imine (C=N–C) groups is 1. The fourth-order valence-corrected chi connectivity index (χ4v) is 6.70. The summed E-state index contributed by atoms with van der Waals surface area (Å²) in [7, 11) is 1.60. The number of rotatable bonds is 7. The third kappa shape index (κ3) is 6.31. The van der Waals surface area contributed by atoms with Crippen LogP contribution in [0.3, 0.4) is 0 Å². The lowest BCUT2D eigenvalue weighted by atomic mass is 9.94. The number of thioether (sulfide) groups is 1. The molecule has 1 aliphatic heterocycles. The van der Waals surface area contributed by atoms with Crippen LogP contribution in [0.2, 0.25) is 0 Å². The molecule has 2 fully saturated rings. The van der Waals surface area contributed by atoms with Crippen molar-refractivity contribution in [3.63, 3.8) is 0 Å². The number of amidine groups is 1. The van der Waals surface area contributed by atoms with Crippen molar-refractivity contribution in [2.24, 2.45) is 4.99 Å². The number of nitrogens with zero attached hydrogens (tertiary/aromatic N) is 3. The number of benzene rings is 3. The van der Waals surface area contributed by atoms with Crippen LogP contribution in [0.5, 0.6) is 11.5 Å². The summed E-state index contributed by atoms with van der Waals surface area (Å²) in [5.41, 5.74) is 3.08. The van der Waals surface area contributed by atoms with Gasteiger partial charge in [0.2, 0.25) is 0 Å². The normalized spacial score (nSPS) is 18.0. The van der Waals surface area contributed by atoms with Crippen molar-refractivity contribution in [1.82, 2.24) is 4.90 Å². The van der Waals surface area contributed by atoms with Crippen molar-refractivity contribution in [1.29, 1.82) is 5.26 Å². The standard InChI is InChI=1S/C31H28IN3O3S/c1-37-27-17-21(16-26(32)29(27)38-20-23-11-9-8-10-22(23)19-33)18-28-30(36)35(25-14-6-3-7-15-25)31(39-28)34-24-12-4-2-5-13-24/h2,4-5,8-13,16-18,25H,3,6-7,14-15,20H2,1H3/b28-18-,34-31?. The molecule has 0 unspecified atom stereocenters. The third-order valence-electron chi connectivity index (χ3n) is 6.82. The van der Waals surface area contributed by atoms with E-state index in [-0.39, 0.29) is 18.6 Å². The Balaban J connectivity index is 1.43. The molecule has 3 aromatic carbocycles. The van der Waals surface area contributed by atoms with Crippen LogP contribution < -0.4 is 9.47 Å². The Hall–Kier alpha value is -3.29. The van der Waals surface area contributed by atoms with Crippen LogP contribution in [0.15, 0.2) is 76.6 Å². The summed E-state index contributed by atoms with van der Waals surface area (Å²) >= 11 is 3.65. The van der Waals surface area contributed by atoms with E-state index < -0.39 is 0 Å². The third-order valence-corrected chi connectivity index (χ3v) is 8.60. The zero-order valence-electron chi connectivity index (χ0n) is 21.6. The first kappa shape index (κ1) is 27.3. The number of carbonyl (C=O) groups excluding carboxylic acids is 1. The van der Waals surface area contributed by atoms with Crippen molar-refractivity contribution in [3.05, 3.63) is 91.9 Å². The first-order valence-electron chi connectivity index (χ1n) is 12.9. The summed E-state index contributed by atoms with van der Waals surface area (Å²) in [6, 6.07) is 23.4. The van der Waals surface area contributed by atoms with Gasteiger partial charge in [-0.15, -0.1) is 0 Å². The lowest BCUT2D eigenvalue weighted by molar-refractivity contribution is -0.124. The molecule has 0 N–H and O–H groups in total. The maximum absolute atomic E-state index is 13.7. The highest BCUT2D eigenvalue weighted by molar-refractivity contribution is 14.1. The van der Waals surface area contributed by atoms with Crippen molar-refractivity contribution in [2.45, 2.75) is 44.8 Å². The molecule has 1 amide bonds. The number of carbonyl (C=O) groups is 1. The van der Waals surface area contributed by atoms with Crippen LogP contribution in [0.4, 0.5) is 5.69 Å². The molecule has 2 aliphatic rings. The Morgan fingerprint density at radius 1 is 1.10 bits per heavy atom. The molecule has 0 aromatic heterocycles. The van der Waals surface area contributed by atoms with E-state index in [1.807, 2.05) is 71.6 Å². The van der Waals surface area contributed by atoms with Gasteiger partial charge in [-0.3, -0.25) is 9.69 Å². The molecule has 8 heteroatoms. The monoisotopic (exact) mass is 649 g/mol. The maximum Gasteiger partial charge on any atom is 0.267 e. The zero-order valence-corrected chi connectivity index (χ0v) is 24.6. The molecule has 0 spiro atoms. The summed E-state index contributed by atoms with van der Waals surface area (Å²) < 4.78 is 12.6. The van der Waals surface area contributed by atoms with Gasteiger partial charge in [0.1, 0.15) is 6.61 Å². The van der Waals surface area contributed by atoms with E-state index >= 15 is 0 Å². The molecule has 5 rings (SSSR count). The lowest BCUT2D eigenvalue weighted by Crippen LogP contribution is -2.40. The number of nitriles is 1. The smallest absolute Gasteiger partial charge is 0.267 e. The highest BCUT2D eigenvalue weighted by atomic mass is 127. The summed E-state index contributed by atoms with van der Waals surface area (Å²) in [6.45, 7) is 0.251. The summed E-state index contributed by atoms with van der Waals surface area (Å²) in [4.78, 5) is 21.1. The highest BCUT2D eigenvalue weighted by Gasteiger charge is 2.38. The maximum atomic E-state index is 13.7. The van der Waals surface area contributed by atoms with Gasteiger partial charge in [-0.1, -0.05) is 55.7 Å². The molecule has 6 nitrogen and oxygen atoms in total. The number of hydrogen-bond acceptors (Lipinski definition) is 6. The molecule has 1 aliphatic carbocycles. The Morgan fingerprint density at radius 2 is 1.85 bits per heavy atom. The quantitative estimate of drug-likeness (QED) is 0.194. The minimum Gasteiger partial charge on any atom is -0.493 e. The van der Waals surface area contributed by atoms with Crippen LogP contribution >= 0.6 is 34.4 Å². The second kappa shape index (κ2) is 12.7. The number of amides is 1. The van der Waals surface area contributed by atoms with Crippen molar-refractivity contribution in [3.8, 4) is 17.6 Å².